The number of esters is 1. The third kappa shape index (κ3) is 59.2. The van der Waals surface area contributed by atoms with E-state index in [1.807, 2.05) is 0 Å². The summed E-state index contributed by atoms with van der Waals surface area (Å²) < 4.78 is 5.46. The van der Waals surface area contributed by atoms with Crippen LogP contribution in [0.3, 0.4) is 0 Å². The van der Waals surface area contributed by atoms with Crippen molar-refractivity contribution in [2.45, 2.75) is 366 Å². The molecule has 0 rings (SSSR count). The zero-order valence-electron chi connectivity index (χ0n) is 49.1. The standard InChI is InChI=1S/C67H127NO5/c1-3-5-7-9-11-13-15-17-19-21-22-23-24-25-26-27-28-29-31-35-39-43-47-51-55-59-65(70)64(63-69)68-66(71)60-56-52-48-44-40-36-32-30-34-38-42-46-50-54-58-62-73-67(72)61-57-53-49-45-41-37-33-20-18-16-14-12-10-8-6-4-2/h14,16,20,33-34,38,64-65,69-70H,3-13,15,17-19,21-32,35-37,39-63H2,1-2H3,(H,68,71)/b16-14-,33-20-,38-34-. The van der Waals surface area contributed by atoms with Gasteiger partial charge in [-0.1, -0.05) is 294 Å². The molecule has 0 fully saturated rings. The average molecular weight is 1030 g/mol. The highest BCUT2D eigenvalue weighted by atomic mass is 16.5. The molecule has 2 unspecified atom stereocenters. The lowest BCUT2D eigenvalue weighted by Crippen LogP contribution is -2.45. The molecule has 430 valence electrons. The van der Waals surface area contributed by atoms with Gasteiger partial charge in [-0.2, -0.15) is 0 Å². The fourth-order valence-electron chi connectivity index (χ4n) is 10.1. The number of hydrogen-bond donors (Lipinski definition) is 3. The summed E-state index contributed by atoms with van der Waals surface area (Å²) >= 11 is 0. The molecule has 6 nitrogen and oxygen atoms in total. The predicted molar refractivity (Wildman–Crippen MR) is 319 cm³/mol. The Morgan fingerprint density at radius 3 is 1.07 bits per heavy atom. The lowest BCUT2D eigenvalue weighted by atomic mass is 10.0. The first-order valence-corrected chi connectivity index (χ1v) is 32.7. The van der Waals surface area contributed by atoms with Crippen LogP contribution in [0.15, 0.2) is 36.5 Å². The highest BCUT2D eigenvalue weighted by Crippen LogP contribution is 2.18. The fourth-order valence-corrected chi connectivity index (χ4v) is 10.1. The topological polar surface area (TPSA) is 95.9 Å². The molecule has 2 atom stereocenters. The largest absolute Gasteiger partial charge is 0.466 e. The van der Waals surface area contributed by atoms with Gasteiger partial charge in [0.1, 0.15) is 0 Å². The second-order valence-corrected chi connectivity index (χ2v) is 22.4. The lowest BCUT2D eigenvalue weighted by Gasteiger charge is -2.22. The molecule has 73 heavy (non-hydrogen) atoms. The van der Waals surface area contributed by atoms with Gasteiger partial charge in [0.25, 0.3) is 0 Å². The number of rotatable bonds is 61. The average Bonchev–Trinajstić information content (AvgIpc) is 3.39. The summed E-state index contributed by atoms with van der Waals surface area (Å²) in [6.07, 6.45) is 78.7. The SMILES string of the molecule is CCCCCC/C=C\C/C=C\CCCCCCCC(=O)OCCCCCC/C=C\CCCCCCCCCC(=O)NC(CO)C(O)CCCCCCCCCCCCCCCCCCCCCCCCCCC. The van der Waals surface area contributed by atoms with Gasteiger partial charge in [-0.25, -0.2) is 0 Å². The van der Waals surface area contributed by atoms with Crippen molar-refractivity contribution >= 4 is 11.9 Å². The van der Waals surface area contributed by atoms with Gasteiger partial charge in [0.15, 0.2) is 0 Å². The summed E-state index contributed by atoms with van der Waals surface area (Å²) in [5.41, 5.74) is 0. The van der Waals surface area contributed by atoms with Crippen LogP contribution in [0, 0.1) is 0 Å². The van der Waals surface area contributed by atoms with Gasteiger partial charge in [-0.05, 0) is 83.5 Å². The summed E-state index contributed by atoms with van der Waals surface area (Å²) in [5, 5.41) is 23.4. The minimum absolute atomic E-state index is 0.0227. The Hall–Kier alpha value is -1.92. The van der Waals surface area contributed by atoms with Crippen LogP contribution in [0.25, 0.3) is 0 Å². The Morgan fingerprint density at radius 2 is 0.685 bits per heavy atom. The van der Waals surface area contributed by atoms with Crippen molar-refractivity contribution in [3.8, 4) is 0 Å². The number of hydrogen-bond acceptors (Lipinski definition) is 5. The van der Waals surface area contributed by atoms with Crippen molar-refractivity contribution < 1.29 is 24.5 Å². The molecular formula is C67H127NO5. The number of aliphatic hydroxyl groups excluding tert-OH is 2. The molecule has 0 aromatic rings. The van der Waals surface area contributed by atoms with Crippen LogP contribution < -0.4 is 5.32 Å². The number of carbonyl (C=O) groups is 2. The monoisotopic (exact) mass is 1030 g/mol. The zero-order chi connectivity index (χ0) is 52.9. The van der Waals surface area contributed by atoms with E-state index in [0.717, 1.165) is 77.0 Å². The molecule has 0 aliphatic rings. The van der Waals surface area contributed by atoms with Crippen LogP contribution >= 0.6 is 0 Å². The van der Waals surface area contributed by atoms with E-state index in [2.05, 4.69) is 55.6 Å². The number of unbranched alkanes of at least 4 members (excludes halogenated alkanes) is 44. The maximum atomic E-state index is 12.5. The molecule has 0 radical (unpaired) electrons. The van der Waals surface area contributed by atoms with Crippen LogP contribution in [0.1, 0.15) is 354 Å². The Bertz CT molecular complexity index is 1180. The zero-order valence-corrected chi connectivity index (χ0v) is 49.1. The van der Waals surface area contributed by atoms with E-state index in [9.17, 15) is 19.8 Å². The number of amides is 1. The van der Waals surface area contributed by atoms with Crippen molar-refractivity contribution in [2.24, 2.45) is 0 Å². The summed E-state index contributed by atoms with van der Waals surface area (Å²) in [6.45, 7) is 4.92. The maximum Gasteiger partial charge on any atom is 0.305 e. The Labute approximate surface area is 455 Å². The van der Waals surface area contributed by atoms with E-state index in [0.29, 0.717) is 25.9 Å². The molecule has 1 amide bonds. The van der Waals surface area contributed by atoms with Crippen molar-refractivity contribution in [1.82, 2.24) is 5.32 Å². The molecular weight excluding hydrogens is 899 g/mol. The van der Waals surface area contributed by atoms with Gasteiger partial charge in [0, 0.05) is 12.8 Å². The summed E-state index contributed by atoms with van der Waals surface area (Å²) in [6, 6.07) is -0.556. The summed E-state index contributed by atoms with van der Waals surface area (Å²) in [7, 11) is 0. The third-order valence-corrected chi connectivity index (χ3v) is 15.2. The molecule has 0 aliphatic heterocycles. The van der Waals surface area contributed by atoms with E-state index in [1.165, 1.54) is 244 Å². The first-order valence-electron chi connectivity index (χ1n) is 32.7. The van der Waals surface area contributed by atoms with Crippen molar-refractivity contribution in [3.63, 3.8) is 0 Å². The fraction of sp³-hybridized carbons (Fsp3) is 0.881. The highest BCUT2D eigenvalue weighted by Gasteiger charge is 2.20. The molecule has 0 aromatic carbocycles. The number of nitrogens with one attached hydrogen (secondary N) is 1. The highest BCUT2D eigenvalue weighted by molar-refractivity contribution is 5.76. The van der Waals surface area contributed by atoms with Crippen LogP contribution in [-0.2, 0) is 14.3 Å². The molecule has 0 saturated heterocycles. The first-order chi connectivity index (χ1) is 36.0. The Morgan fingerprint density at radius 1 is 0.384 bits per heavy atom. The number of allylic oxidation sites excluding steroid dienone is 6. The molecule has 0 spiro atoms. The second-order valence-electron chi connectivity index (χ2n) is 22.4. The van der Waals surface area contributed by atoms with E-state index >= 15 is 0 Å². The summed E-state index contributed by atoms with van der Waals surface area (Å²) in [5.74, 6) is -0.0701. The molecule has 3 N–H and O–H groups in total. The van der Waals surface area contributed by atoms with Crippen molar-refractivity contribution in [2.75, 3.05) is 13.2 Å². The smallest absolute Gasteiger partial charge is 0.305 e. The maximum absolute atomic E-state index is 12.5. The van der Waals surface area contributed by atoms with Crippen LogP contribution in [0.2, 0.25) is 0 Å². The second kappa shape index (κ2) is 62.6. The van der Waals surface area contributed by atoms with E-state index in [4.69, 9.17) is 4.74 Å². The minimum atomic E-state index is -0.677. The normalized spacial score (nSPS) is 12.8. The van der Waals surface area contributed by atoms with Crippen LogP contribution in [0.4, 0.5) is 0 Å². The lowest BCUT2D eigenvalue weighted by molar-refractivity contribution is -0.143. The molecule has 0 heterocycles. The van der Waals surface area contributed by atoms with Gasteiger partial charge in [0.2, 0.25) is 5.91 Å². The molecule has 0 saturated carbocycles. The van der Waals surface area contributed by atoms with E-state index in [1.54, 1.807) is 0 Å². The number of carbonyl (C=O) groups excluding carboxylic acids is 2. The van der Waals surface area contributed by atoms with Crippen LogP contribution in [0.5, 0.6) is 0 Å². The summed E-state index contributed by atoms with van der Waals surface area (Å²) in [4.78, 5) is 24.6. The molecule has 6 heteroatoms. The van der Waals surface area contributed by atoms with Gasteiger partial charge in [-0.3, -0.25) is 9.59 Å². The molecule has 0 aliphatic carbocycles. The van der Waals surface area contributed by atoms with Gasteiger partial charge >= 0.3 is 5.97 Å². The van der Waals surface area contributed by atoms with Crippen molar-refractivity contribution in [3.05, 3.63) is 36.5 Å². The molecule has 0 bridgehead atoms. The molecule has 0 aromatic heterocycles. The van der Waals surface area contributed by atoms with E-state index in [-0.39, 0.29) is 18.5 Å². The quantitative estimate of drug-likeness (QED) is 0.0320. The van der Waals surface area contributed by atoms with Gasteiger partial charge < -0.3 is 20.3 Å². The number of aliphatic hydroxyl groups is 2. The van der Waals surface area contributed by atoms with Crippen LogP contribution in [-0.4, -0.2) is 47.4 Å². The minimum Gasteiger partial charge on any atom is -0.466 e. The number of ether oxygens (including phenoxy) is 1. The van der Waals surface area contributed by atoms with Gasteiger partial charge in [0.05, 0.1) is 25.4 Å². The third-order valence-electron chi connectivity index (χ3n) is 15.2. The first kappa shape index (κ1) is 71.1. The van der Waals surface area contributed by atoms with E-state index < -0.39 is 12.1 Å². The Balaban J connectivity index is 3.47. The Kier molecular flexibility index (Phi) is 61.0. The predicted octanol–water partition coefficient (Wildman–Crippen LogP) is 20.8. The van der Waals surface area contributed by atoms with Gasteiger partial charge in [-0.15, -0.1) is 0 Å². The van der Waals surface area contributed by atoms with Crippen molar-refractivity contribution in [1.29, 1.82) is 0 Å².